The zero-order valence-electron chi connectivity index (χ0n) is 14.3. The lowest BCUT2D eigenvalue weighted by molar-refractivity contribution is 0.0998. The monoisotopic (exact) mass is 348 g/mol. The predicted octanol–water partition coefficient (Wildman–Crippen LogP) is 3.58. The molecule has 1 aromatic carbocycles. The number of hydrogen-bond acceptors (Lipinski definition) is 5. The Kier molecular flexibility index (Phi) is 3.89. The molecular weight excluding hydrogens is 332 g/mol. The first kappa shape index (κ1) is 15.9. The number of furan rings is 1. The third-order valence-corrected chi connectivity index (χ3v) is 4.03. The highest BCUT2D eigenvalue weighted by Gasteiger charge is 2.15. The van der Waals surface area contributed by atoms with Gasteiger partial charge in [0.2, 0.25) is 0 Å². The number of amides is 1. The molecule has 7 heteroatoms. The molecule has 3 heterocycles. The molecule has 4 rings (SSSR count). The molecule has 0 radical (unpaired) electrons. The second kappa shape index (κ2) is 6.36. The number of methoxy groups -OCH3 is 1. The molecule has 1 amide bonds. The average molecular weight is 348 g/mol. The SMILES string of the molecule is COc1cccc2cc(C(=O)Nc3ccc(-n4ccnc4C)nc3)oc12. The van der Waals surface area contributed by atoms with Crippen molar-refractivity contribution in [2.45, 2.75) is 6.92 Å². The van der Waals surface area contributed by atoms with Crippen LogP contribution in [0, 0.1) is 6.92 Å². The summed E-state index contributed by atoms with van der Waals surface area (Å²) in [6, 6.07) is 10.8. The maximum Gasteiger partial charge on any atom is 0.291 e. The van der Waals surface area contributed by atoms with E-state index in [4.69, 9.17) is 9.15 Å². The van der Waals surface area contributed by atoms with Gasteiger partial charge >= 0.3 is 0 Å². The normalized spacial score (nSPS) is 10.8. The molecule has 0 saturated carbocycles. The van der Waals surface area contributed by atoms with Crippen LogP contribution in [-0.2, 0) is 0 Å². The molecule has 3 aromatic heterocycles. The Labute approximate surface area is 149 Å². The maximum atomic E-state index is 12.5. The quantitative estimate of drug-likeness (QED) is 0.609. The van der Waals surface area contributed by atoms with Crippen LogP contribution in [0.4, 0.5) is 5.69 Å². The number of hydrogen-bond donors (Lipinski definition) is 1. The zero-order valence-corrected chi connectivity index (χ0v) is 14.3. The van der Waals surface area contributed by atoms with Gasteiger partial charge in [-0.05, 0) is 31.2 Å². The van der Waals surface area contributed by atoms with Gasteiger partial charge in [-0.3, -0.25) is 9.36 Å². The first-order valence-electron chi connectivity index (χ1n) is 8.00. The van der Waals surface area contributed by atoms with Gasteiger partial charge in [0.05, 0.1) is 19.0 Å². The van der Waals surface area contributed by atoms with Gasteiger partial charge in [-0.1, -0.05) is 12.1 Å². The van der Waals surface area contributed by atoms with E-state index in [2.05, 4.69) is 15.3 Å². The topological polar surface area (TPSA) is 82.2 Å². The summed E-state index contributed by atoms with van der Waals surface area (Å²) in [6.45, 7) is 1.90. The van der Waals surface area contributed by atoms with Crippen molar-refractivity contribution in [3.63, 3.8) is 0 Å². The van der Waals surface area contributed by atoms with Crippen LogP contribution >= 0.6 is 0 Å². The number of imidazole rings is 1. The lowest BCUT2D eigenvalue weighted by atomic mass is 10.2. The summed E-state index contributed by atoms with van der Waals surface area (Å²) >= 11 is 0. The highest BCUT2D eigenvalue weighted by atomic mass is 16.5. The van der Waals surface area contributed by atoms with E-state index in [0.29, 0.717) is 17.0 Å². The second-order valence-electron chi connectivity index (χ2n) is 5.69. The van der Waals surface area contributed by atoms with Gasteiger partial charge in [0.1, 0.15) is 11.6 Å². The number of aromatic nitrogens is 3. The standard InChI is InChI=1S/C19H16N4O3/c1-12-20-8-9-23(12)17-7-6-14(11-21-17)22-19(24)16-10-13-4-3-5-15(25-2)18(13)26-16/h3-11H,1-2H3,(H,22,24). The van der Waals surface area contributed by atoms with Crippen LogP contribution in [-0.4, -0.2) is 27.6 Å². The number of benzene rings is 1. The van der Waals surface area contributed by atoms with Crippen molar-refractivity contribution in [3.05, 3.63) is 66.6 Å². The number of ether oxygens (including phenoxy) is 1. The number of aryl methyl sites for hydroxylation is 1. The number of carbonyl (C=O) groups is 1. The molecule has 0 aliphatic carbocycles. The highest BCUT2D eigenvalue weighted by Crippen LogP contribution is 2.28. The largest absolute Gasteiger partial charge is 0.493 e. The van der Waals surface area contributed by atoms with Crippen molar-refractivity contribution in [2.24, 2.45) is 0 Å². The third-order valence-electron chi connectivity index (χ3n) is 4.03. The van der Waals surface area contributed by atoms with Crippen molar-refractivity contribution in [3.8, 4) is 11.6 Å². The Hall–Kier alpha value is -3.61. The summed E-state index contributed by atoms with van der Waals surface area (Å²) < 4.78 is 12.8. The Morgan fingerprint density at radius 2 is 2.12 bits per heavy atom. The molecular formula is C19H16N4O3. The van der Waals surface area contributed by atoms with E-state index in [0.717, 1.165) is 17.0 Å². The fourth-order valence-corrected chi connectivity index (χ4v) is 2.72. The van der Waals surface area contributed by atoms with Crippen LogP contribution in [0.1, 0.15) is 16.4 Å². The van der Waals surface area contributed by atoms with Crippen LogP contribution in [0.25, 0.3) is 16.8 Å². The second-order valence-corrected chi connectivity index (χ2v) is 5.69. The molecule has 0 saturated heterocycles. The molecule has 4 aromatic rings. The summed E-state index contributed by atoms with van der Waals surface area (Å²) in [5.41, 5.74) is 1.12. The molecule has 0 fully saturated rings. The number of para-hydroxylation sites is 1. The molecule has 0 atom stereocenters. The summed E-state index contributed by atoms with van der Waals surface area (Å²) in [5, 5.41) is 3.59. The first-order valence-corrected chi connectivity index (χ1v) is 8.00. The maximum absolute atomic E-state index is 12.5. The number of nitrogens with zero attached hydrogens (tertiary/aromatic N) is 3. The minimum absolute atomic E-state index is 0.207. The lowest BCUT2D eigenvalue weighted by Crippen LogP contribution is -2.11. The van der Waals surface area contributed by atoms with Gasteiger partial charge in [-0.2, -0.15) is 0 Å². The van der Waals surface area contributed by atoms with Crippen LogP contribution in [0.3, 0.4) is 0 Å². The van der Waals surface area contributed by atoms with Crippen LogP contribution < -0.4 is 10.1 Å². The van der Waals surface area contributed by atoms with E-state index >= 15 is 0 Å². The fourth-order valence-electron chi connectivity index (χ4n) is 2.72. The van der Waals surface area contributed by atoms with E-state index < -0.39 is 0 Å². The number of rotatable bonds is 4. The van der Waals surface area contributed by atoms with Crippen LogP contribution in [0.15, 0.2) is 59.4 Å². The Morgan fingerprint density at radius 1 is 1.23 bits per heavy atom. The molecule has 1 N–H and O–H groups in total. The zero-order chi connectivity index (χ0) is 18.1. The lowest BCUT2D eigenvalue weighted by Gasteiger charge is -2.06. The number of nitrogens with one attached hydrogen (secondary N) is 1. The molecule has 0 aliphatic rings. The Balaban J connectivity index is 1.56. The number of fused-ring (bicyclic) bond motifs is 1. The van der Waals surface area contributed by atoms with Gasteiger partial charge in [0, 0.05) is 17.8 Å². The molecule has 26 heavy (non-hydrogen) atoms. The Morgan fingerprint density at radius 3 is 2.81 bits per heavy atom. The minimum Gasteiger partial charge on any atom is -0.493 e. The van der Waals surface area contributed by atoms with E-state index in [1.165, 1.54) is 0 Å². The summed E-state index contributed by atoms with van der Waals surface area (Å²) in [6.07, 6.45) is 5.14. The van der Waals surface area contributed by atoms with Gasteiger partial charge in [0.25, 0.3) is 5.91 Å². The fraction of sp³-hybridized carbons (Fsp3) is 0.105. The summed E-state index contributed by atoms with van der Waals surface area (Å²) in [7, 11) is 1.56. The molecule has 7 nitrogen and oxygen atoms in total. The van der Waals surface area contributed by atoms with Gasteiger partial charge in [-0.15, -0.1) is 0 Å². The van der Waals surface area contributed by atoms with Gasteiger partial charge in [-0.25, -0.2) is 9.97 Å². The van der Waals surface area contributed by atoms with Crippen molar-refractivity contribution >= 4 is 22.6 Å². The number of pyridine rings is 1. The number of carbonyl (C=O) groups excluding carboxylic acids is 1. The average Bonchev–Trinajstić information content (AvgIpc) is 3.28. The summed E-state index contributed by atoms with van der Waals surface area (Å²) in [5.74, 6) is 2.01. The number of anilines is 1. The molecule has 130 valence electrons. The summed E-state index contributed by atoms with van der Waals surface area (Å²) in [4.78, 5) is 21.0. The van der Waals surface area contributed by atoms with Gasteiger partial charge in [0.15, 0.2) is 17.1 Å². The van der Waals surface area contributed by atoms with Crippen LogP contribution in [0.5, 0.6) is 5.75 Å². The van der Waals surface area contributed by atoms with E-state index in [-0.39, 0.29) is 11.7 Å². The van der Waals surface area contributed by atoms with Crippen molar-refractivity contribution in [2.75, 3.05) is 12.4 Å². The third kappa shape index (κ3) is 2.79. The van der Waals surface area contributed by atoms with Crippen LogP contribution in [0.2, 0.25) is 0 Å². The van der Waals surface area contributed by atoms with E-state index in [9.17, 15) is 4.79 Å². The molecule has 0 bridgehead atoms. The molecule has 0 aliphatic heterocycles. The predicted molar refractivity (Wildman–Crippen MR) is 96.8 cm³/mol. The smallest absolute Gasteiger partial charge is 0.291 e. The van der Waals surface area contributed by atoms with Crippen molar-refractivity contribution in [1.29, 1.82) is 0 Å². The minimum atomic E-state index is -0.350. The van der Waals surface area contributed by atoms with Crippen molar-refractivity contribution in [1.82, 2.24) is 14.5 Å². The Bertz CT molecular complexity index is 1080. The van der Waals surface area contributed by atoms with Crippen molar-refractivity contribution < 1.29 is 13.9 Å². The molecule has 0 unspecified atom stereocenters. The van der Waals surface area contributed by atoms with E-state index in [1.54, 1.807) is 37.7 Å². The highest BCUT2D eigenvalue weighted by molar-refractivity contribution is 6.05. The van der Waals surface area contributed by atoms with Gasteiger partial charge < -0.3 is 14.5 Å². The molecule has 0 spiro atoms. The first-order chi connectivity index (χ1) is 12.7. The van der Waals surface area contributed by atoms with E-state index in [1.807, 2.05) is 35.9 Å².